The van der Waals surface area contributed by atoms with E-state index in [0.29, 0.717) is 12.5 Å². The second kappa shape index (κ2) is 5.29. The molecule has 1 aliphatic heterocycles. The first kappa shape index (κ1) is 13.2. The predicted octanol–water partition coefficient (Wildman–Crippen LogP) is 2.77. The molecule has 0 saturated heterocycles. The van der Waals surface area contributed by atoms with Gasteiger partial charge in [-0.2, -0.15) is 5.10 Å². The Kier molecular flexibility index (Phi) is 3.49. The molecule has 1 N–H and O–H groups in total. The van der Waals surface area contributed by atoms with Gasteiger partial charge in [0.2, 0.25) is 0 Å². The Morgan fingerprint density at radius 3 is 3.00 bits per heavy atom. The molecular formula is C16H21N3O. The molecule has 0 radical (unpaired) electrons. The fourth-order valence-electron chi connectivity index (χ4n) is 2.74. The van der Waals surface area contributed by atoms with E-state index in [-0.39, 0.29) is 6.04 Å². The second-order valence-electron chi connectivity index (χ2n) is 5.65. The molecule has 0 saturated carbocycles. The van der Waals surface area contributed by atoms with Crippen molar-refractivity contribution in [2.45, 2.75) is 32.4 Å². The first-order chi connectivity index (χ1) is 9.65. The number of para-hydroxylation sites is 1. The van der Waals surface area contributed by atoms with Crippen LogP contribution in [0.5, 0.6) is 5.75 Å². The summed E-state index contributed by atoms with van der Waals surface area (Å²) in [5, 5.41) is 8.13. The largest absolute Gasteiger partial charge is 0.491 e. The molecule has 1 atom stereocenters. The van der Waals surface area contributed by atoms with E-state index in [2.05, 4.69) is 42.6 Å². The van der Waals surface area contributed by atoms with Gasteiger partial charge in [-0.15, -0.1) is 0 Å². The highest BCUT2D eigenvalue weighted by atomic mass is 16.5. The Bertz CT molecular complexity index is 604. The van der Waals surface area contributed by atoms with Crippen molar-refractivity contribution in [3.63, 3.8) is 0 Å². The van der Waals surface area contributed by atoms with Gasteiger partial charge in [0.15, 0.2) is 0 Å². The van der Waals surface area contributed by atoms with E-state index in [0.717, 1.165) is 12.3 Å². The number of aromatic nitrogens is 2. The van der Waals surface area contributed by atoms with Crippen LogP contribution in [0.3, 0.4) is 0 Å². The van der Waals surface area contributed by atoms with Crippen molar-refractivity contribution in [3.05, 3.63) is 47.3 Å². The lowest BCUT2D eigenvalue weighted by Crippen LogP contribution is -2.22. The zero-order valence-corrected chi connectivity index (χ0v) is 12.3. The molecule has 0 fully saturated rings. The Morgan fingerprint density at radius 1 is 1.40 bits per heavy atom. The van der Waals surface area contributed by atoms with Crippen molar-refractivity contribution < 1.29 is 4.74 Å². The maximum Gasteiger partial charge on any atom is 0.124 e. The van der Waals surface area contributed by atoms with Crippen LogP contribution in [-0.2, 0) is 13.6 Å². The number of ether oxygens (including phenoxy) is 1. The minimum atomic E-state index is 0.270. The van der Waals surface area contributed by atoms with Gasteiger partial charge in [0.1, 0.15) is 12.4 Å². The fraction of sp³-hybridized carbons (Fsp3) is 0.438. The zero-order chi connectivity index (χ0) is 14.1. The molecule has 3 rings (SSSR count). The summed E-state index contributed by atoms with van der Waals surface area (Å²) in [4.78, 5) is 0. The van der Waals surface area contributed by atoms with E-state index >= 15 is 0 Å². The summed E-state index contributed by atoms with van der Waals surface area (Å²) in [6.45, 7) is 5.89. The van der Waals surface area contributed by atoms with Gasteiger partial charge < -0.3 is 10.1 Å². The smallest absolute Gasteiger partial charge is 0.124 e. The van der Waals surface area contributed by atoms with Gasteiger partial charge in [0.05, 0.1) is 11.7 Å². The minimum absolute atomic E-state index is 0.270. The van der Waals surface area contributed by atoms with Crippen LogP contribution >= 0.6 is 0 Å². The number of hydrogen-bond acceptors (Lipinski definition) is 3. The Hall–Kier alpha value is -1.81. The average molecular weight is 271 g/mol. The molecule has 1 aromatic heterocycles. The summed E-state index contributed by atoms with van der Waals surface area (Å²) in [6, 6.07) is 8.50. The number of aryl methyl sites for hydroxylation is 1. The highest BCUT2D eigenvalue weighted by Crippen LogP contribution is 2.32. The van der Waals surface area contributed by atoms with Crippen molar-refractivity contribution in [1.29, 1.82) is 0 Å². The summed E-state index contributed by atoms with van der Waals surface area (Å²) in [6.07, 6.45) is 2.10. The van der Waals surface area contributed by atoms with E-state index < -0.39 is 0 Å². The fourth-order valence-corrected chi connectivity index (χ4v) is 2.74. The lowest BCUT2D eigenvalue weighted by atomic mass is 10.1. The lowest BCUT2D eigenvalue weighted by molar-refractivity contribution is 0.310. The van der Waals surface area contributed by atoms with Crippen molar-refractivity contribution in [2.75, 3.05) is 6.61 Å². The van der Waals surface area contributed by atoms with Crippen LogP contribution in [0.25, 0.3) is 0 Å². The van der Waals surface area contributed by atoms with Gasteiger partial charge in [-0.25, -0.2) is 0 Å². The highest BCUT2D eigenvalue weighted by molar-refractivity contribution is 5.39. The van der Waals surface area contributed by atoms with Gasteiger partial charge in [0, 0.05) is 30.9 Å². The minimum Gasteiger partial charge on any atom is -0.491 e. The molecular weight excluding hydrogens is 250 g/mol. The van der Waals surface area contributed by atoms with E-state index in [9.17, 15) is 0 Å². The van der Waals surface area contributed by atoms with Crippen LogP contribution in [-0.4, -0.2) is 16.4 Å². The van der Waals surface area contributed by atoms with Gasteiger partial charge in [-0.3, -0.25) is 4.68 Å². The molecule has 4 nitrogen and oxygen atoms in total. The molecule has 1 aliphatic rings. The van der Waals surface area contributed by atoms with Gasteiger partial charge >= 0.3 is 0 Å². The van der Waals surface area contributed by atoms with Crippen molar-refractivity contribution in [1.82, 2.24) is 15.1 Å². The van der Waals surface area contributed by atoms with Gasteiger partial charge in [0.25, 0.3) is 0 Å². The Balaban J connectivity index is 1.72. The van der Waals surface area contributed by atoms with Gasteiger partial charge in [-0.05, 0) is 12.0 Å². The molecule has 2 heterocycles. The molecule has 4 heteroatoms. The van der Waals surface area contributed by atoms with E-state index in [1.807, 2.05) is 23.9 Å². The van der Waals surface area contributed by atoms with Crippen LogP contribution in [0.15, 0.2) is 30.5 Å². The Labute approximate surface area is 119 Å². The summed E-state index contributed by atoms with van der Waals surface area (Å²) < 4.78 is 7.59. The quantitative estimate of drug-likeness (QED) is 0.929. The van der Waals surface area contributed by atoms with Crippen LogP contribution in [0.1, 0.15) is 42.6 Å². The molecule has 0 bridgehead atoms. The van der Waals surface area contributed by atoms with Crippen molar-refractivity contribution in [2.24, 2.45) is 7.05 Å². The third kappa shape index (κ3) is 2.43. The van der Waals surface area contributed by atoms with Gasteiger partial charge in [-0.1, -0.05) is 32.0 Å². The monoisotopic (exact) mass is 271 g/mol. The maximum absolute atomic E-state index is 5.70. The summed E-state index contributed by atoms with van der Waals surface area (Å²) >= 11 is 0. The third-order valence-electron chi connectivity index (χ3n) is 3.72. The number of fused-ring (bicyclic) bond motifs is 1. The van der Waals surface area contributed by atoms with Crippen LogP contribution < -0.4 is 10.1 Å². The normalized spacial score (nSPS) is 17.3. The average Bonchev–Trinajstić information content (AvgIpc) is 3.00. The number of hydrogen-bond donors (Lipinski definition) is 1. The van der Waals surface area contributed by atoms with E-state index in [1.54, 1.807) is 0 Å². The summed E-state index contributed by atoms with van der Waals surface area (Å²) in [7, 11) is 1.98. The van der Waals surface area contributed by atoms with Crippen LogP contribution in [0, 0.1) is 0 Å². The molecule has 20 heavy (non-hydrogen) atoms. The van der Waals surface area contributed by atoms with Crippen molar-refractivity contribution >= 4 is 0 Å². The standard InChI is InChI=1S/C16H21N3O/c1-11(2)16-12(9-19(3)18-16)8-17-14-10-20-15-7-5-4-6-13(14)15/h4-7,9,11,14,17H,8,10H2,1-3H3. The first-order valence-corrected chi connectivity index (χ1v) is 7.12. The Morgan fingerprint density at radius 2 is 2.20 bits per heavy atom. The SMILES string of the molecule is CC(C)c1nn(C)cc1CNC1COc2ccccc21. The molecule has 2 aromatic rings. The zero-order valence-electron chi connectivity index (χ0n) is 12.3. The van der Waals surface area contributed by atoms with Crippen LogP contribution in [0.4, 0.5) is 0 Å². The first-order valence-electron chi connectivity index (χ1n) is 7.12. The summed E-state index contributed by atoms with van der Waals surface area (Å²) in [5.41, 5.74) is 3.70. The predicted molar refractivity (Wildman–Crippen MR) is 78.8 cm³/mol. The molecule has 106 valence electrons. The number of benzene rings is 1. The van der Waals surface area contributed by atoms with E-state index in [1.165, 1.54) is 16.8 Å². The molecule has 0 aliphatic carbocycles. The molecule has 1 aromatic carbocycles. The number of nitrogens with zero attached hydrogens (tertiary/aromatic N) is 2. The number of rotatable bonds is 4. The molecule has 1 unspecified atom stereocenters. The molecule has 0 amide bonds. The third-order valence-corrected chi connectivity index (χ3v) is 3.72. The van der Waals surface area contributed by atoms with Crippen molar-refractivity contribution in [3.8, 4) is 5.75 Å². The maximum atomic E-state index is 5.70. The lowest BCUT2D eigenvalue weighted by Gasteiger charge is -2.12. The summed E-state index contributed by atoms with van der Waals surface area (Å²) in [5.74, 6) is 1.44. The van der Waals surface area contributed by atoms with E-state index in [4.69, 9.17) is 4.74 Å². The molecule has 0 spiro atoms. The second-order valence-corrected chi connectivity index (χ2v) is 5.65. The van der Waals surface area contributed by atoms with Crippen LogP contribution in [0.2, 0.25) is 0 Å². The topological polar surface area (TPSA) is 39.1 Å². The highest BCUT2D eigenvalue weighted by Gasteiger charge is 2.23. The number of nitrogens with one attached hydrogen (secondary N) is 1.